The summed E-state index contributed by atoms with van der Waals surface area (Å²) in [6, 6.07) is 12.4. The lowest BCUT2D eigenvalue weighted by Gasteiger charge is -2.29. The lowest BCUT2D eigenvalue weighted by atomic mass is 9.91. The molecule has 0 saturated carbocycles. The number of ether oxygens (including phenoxy) is 1. The van der Waals surface area contributed by atoms with Crippen molar-refractivity contribution < 1.29 is 24.2 Å². The van der Waals surface area contributed by atoms with Crippen molar-refractivity contribution in [2.45, 2.75) is 97.9 Å². The molecule has 3 rings (SSSR count). The Bertz CT molecular complexity index is 1340. The summed E-state index contributed by atoms with van der Waals surface area (Å²) in [5.41, 5.74) is 0.247. The molecule has 0 unspecified atom stereocenters. The third-order valence-corrected chi connectivity index (χ3v) is 7.87. The average molecular weight is 610 g/mol. The molecule has 2 amide bonds. The van der Waals surface area contributed by atoms with Crippen molar-refractivity contribution in [1.82, 2.24) is 15.6 Å². The number of hydrogen-bond acceptors (Lipinski definition) is 7. The zero-order valence-electron chi connectivity index (χ0n) is 26.4. The van der Waals surface area contributed by atoms with Gasteiger partial charge >= 0.3 is 5.97 Å². The fourth-order valence-corrected chi connectivity index (χ4v) is 5.87. The molecule has 0 spiro atoms. The number of aliphatic hydroxyl groups excluding tert-OH is 1. The Morgan fingerprint density at radius 1 is 0.930 bits per heavy atom. The van der Waals surface area contributed by atoms with E-state index in [1.54, 1.807) is 32.3 Å². The molecule has 0 aliphatic rings. The van der Waals surface area contributed by atoms with Crippen molar-refractivity contribution >= 4 is 39.9 Å². The number of carbonyl (C=O) groups excluding carboxylic acids is 3. The number of carbonyl (C=O) groups is 3. The predicted octanol–water partition coefficient (Wildman–Crippen LogP) is 5.98. The van der Waals surface area contributed by atoms with Crippen LogP contribution < -0.4 is 10.6 Å². The van der Waals surface area contributed by atoms with Crippen LogP contribution in [0.4, 0.5) is 0 Å². The monoisotopic (exact) mass is 609 g/mol. The molecule has 0 bridgehead atoms. The molecule has 3 N–H and O–H groups in total. The average Bonchev–Trinajstić information content (AvgIpc) is 3.45. The van der Waals surface area contributed by atoms with Gasteiger partial charge in [-0.2, -0.15) is 0 Å². The maximum absolute atomic E-state index is 13.9. The Labute approximate surface area is 259 Å². The first kappa shape index (κ1) is 34.2. The molecule has 234 valence electrons. The number of amides is 2. The van der Waals surface area contributed by atoms with E-state index in [4.69, 9.17) is 4.74 Å². The number of nitrogens with zero attached hydrogens (tertiary/aromatic N) is 1. The van der Waals surface area contributed by atoms with Crippen LogP contribution in [-0.2, 0) is 25.5 Å². The van der Waals surface area contributed by atoms with Gasteiger partial charge in [0.1, 0.15) is 22.8 Å². The van der Waals surface area contributed by atoms with E-state index in [2.05, 4.69) is 15.6 Å². The molecule has 8 nitrogen and oxygen atoms in total. The first-order valence-electron chi connectivity index (χ1n) is 15.1. The first-order chi connectivity index (χ1) is 20.2. The second-order valence-corrected chi connectivity index (χ2v) is 14.0. The van der Waals surface area contributed by atoms with E-state index < -0.39 is 35.7 Å². The summed E-state index contributed by atoms with van der Waals surface area (Å²) in [4.78, 5) is 44.8. The van der Waals surface area contributed by atoms with Crippen molar-refractivity contribution in [1.29, 1.82) is 0 Å². The van der Waals surface area contributed by atoms with Gasteiger partial charge in [-0.25, -0.2) is 4.98 Å². The fourth-order valence-electron chi connectivity index (χ4n) is 5.18. The van der Waals surface area contributed by atoms with E-state index in [0.717, 1.165) is 16.3 Å². The number of aliphatic hydroxyl groups is 1. The van der Waals surface area contributed by atoms with Crippen LogP contribution in [0.3, 0.4) is 0 Å². The van der Waals surface area contributed by atoms with Gasteiger partial charge in [-0.05, 0) is 68.2 Å². The Hall–Kier alpha value is -3.30. The Morgan fingerprint density at radius 2 is 1.60 bits per heavy atom. The topological polar surface area (TPSA) is 118 Å². The molecular formula is C34H47N3O5S. The minimum atomic E-state index is -0.965. The molecule has 0 saturated heterocycles. The smallest absolute Gasteiger partial charge is 0.307 e. The minimum Gasteiger partial charge on any atom is -0.460 e. The fraction of sp³-hybridized carbons (Fsp3) is 0.529. The highest BCUT2D eigenvalue weighted by Crippen LogP contribution is 2.26. The number of nitrogens with one attached hydrogen (secondary N) is 2. The molecule has 0 fully saturated rings. The minimum absolute atomic E-state index is 0.103. The van der Waals surface area contributed by atoms with Gasteiger partial charge in [0.15, 0.2) is 0 Å². The Morgan fingerprint density at radius 3 is 2.23 bits per heavy atom. The largest absolute Gasteiger partial charge is 0.460 e. The maximum Gasteiger partial charge on any atom is 0.307 e. The molecule has 4 atom stereocenters. The molecule has 3 aromatic rings. The van der Waals surface area contributed by atoms with E-state index in [1.807, 2.05) is 70.2 Å². The third kappa shape index (κ3) is 10.7. The molecule has 43 heavy (non-hydrogen) atoms. The van der Waals surface area contributed by atoms with Crippen LogP contribution in [-0.4, -0.2) is 45.6 Å². The van der Waals surface area contributed by atoms with E-state index in [0.29, 0.717) is 24.3 Å². The van der Waals surface area contributed by atoms with Gasteiger partial charge in [0.25, 0.3) is 0 Å². The van der Waals surface area contributed by atoms with Crippen LogP contribution in [0.25, 0.3) is 10.8 Å². The Balaban J connectivity index is 1.86. The lowest BCUT2D eigenvalue weighted by Crippen LogP contribution is -2.53. The summed E-state index contributed by atoms with van der Waals surface area (Å²) in [6.07, 6.45) is 1.78. The van der Waals surface area contributed by atoms with Crippen molar-refractivity contribution in [2.24, 2.45) is 17.8 Å². The lowest BCUT2D eigenvalue weighted by molar-refractivity contribution is -0.157. The highest BCUT2D eigenvalue weighted by atomic mass is 32.1. The number of rotatable bonds is 14. The van der Waals surface area contributed by atoms with Crippen molar-refractivity contribution in [3.05, 3.63) is 64.6 Å². The summed E-state index contributed by atoms with van der Waals surface area (Å²) in [5, 5.41) is 21.4. The first-order valence-corrected chi connectivity index (χ1v) is 16.0. The van der Waals surface area contributed by atoms with Crippen molar-refractivity contribution in [3.63, 3.8) is 0 Å². The zero-order valence-corrected chi connectivity index (χ0v) is 27.2. The van der Waals surface area contributed by atoms with Crippen LogP contribution in [0, 0.1) is 17.8 Å². The van der Waals surface area contributed by atoms with E-state index in [1.165, 1.54) is 11.3 Å². The highest BCUT2D eigenvalue weighted by Gasteiger charge is 2.33. The second kappa shape index (κ2) is 15.4. The number of benzene rings is 2. The van der Waals surface area contributed by atoms with Gasteiger partial charge < -0.3 is 20.5 Å². The third-order valence-electron chi connectivity index (χ3n) is 7.03. The number of esters is 1. The highest BCUT2D eigenvalue weighted by molar-refractivity contribution is 7.09. The molecular weight excluding hydrogens is 562 g/mol. The zero-order chi connectivity index (χ0) is 31.7. The van der Waals surface area contributed by atoms with Gasteiger partial charge in [-0.15, -0.1) is 11.3 Å². The summed E-state index contributed by atoms with van der Waals surface area (Å²) in [6.45, 7) is 13.4. The number of fused-ring (bicyclic) bond motifs is 1. The Kier molecular flexibility index (Phi) is 12.3. The standard InChI is InChI=1S/C34H47N3O5S/c1-21(2)17-27(30(39)33-35-15-16-43-33)36-32(41)28(18-22(3)4)37-31(40)25(20-29(38)42-34(5,6)7)19-24-13-10-12-23-11-8-9-14-26(23)24/h8-16,21-22,25,27-28,30,39H,17-20H2,1-7H3,(H,36,41)(H,37,40)/t25-,27-,28+,30+/m1/s1. The summed E-state index contributed by atoms with van der Waals surface area (Å²) < 4.78 is 5.58. The van der Waals surface area contributed by atoms with Gasteiger partial charge in [0.2, 0.25) is 11.8 Å². The number of thiazole rings is 1. The number of hydrogen-bond donors (Lipinski definition) is 3. The molecule has 0 radical (unpaired) electrons. The molecule has 1 heterocycles. The van der Waals surface area contributed by atoms with Crippen LogP contribution in [0.2, 0.25) is 0 Å². The van der Waals surface area contributed by atoms with Crippen LogP contribution in [0.5, 0.6) is 0 Å². The molecule has 0 aliphatic heterocycles. The maximum atomic E-state index is 13.9. The molecule has 0 aliphatic carbocycles. The normalized spacial score (nSPS) is 14.7. The van der Waals surface area contributed by atoms with Gasteiger partial charge in [0, 0.05) is 11.6 Å². The van der Waals surface area contributed by atoms with Crippen molar-refractivity contribution in [2.75, 3.05) is 0 Å². The van der Waals surface area contributed by atoms with E-state index in [9.17, 15) is 19.5 Å². The number of aromatic nitrogens is 1. The van der Waals surface area contributed by atoms with Crippen molar-refractivity contribution in [3.8, 4) is 0 Å². The van der Waals surface area contributed by atoms with Gasteiger partial charge in [-0.3, -0.25) is 14.4 Å². The molecule has 9 heteroatoms. The summed E-state index contributed by atoms with van der Waals surface area (Å²) >= 11 is 1.33. The predicted molar refractivity (Wildman–Crippen MR) is 171 cm³/mol. The quantitative estimate of drug-likeness (QED) is 0.194. The van der Waals surface area contributed by atoms with Crippen LogP contribution in [0.1, 0.15) is 84.4 Å². The SMILES string of the molecule is CC(C)C[C@H](NC(=O)[C@@H](CC(=O)OC(C)(C)C)Cc1cccc2ccccc12)C(=O)N[C@H](CC(C)C)[C@H](O)c1nccs1. The summed E-state index contributed by atoms with van der Waals surface area (Å²) in [7, 11) is 0. The molecule has 1 aromatic heterocycles. The second-order valence-electron chi connectivity index (χ2n) is 13.1. The summed E-state index contributed by atoms with van der Waals surface area (Å²) in [5.74, 6) is -1.68. The van der Waals surface area contributed by atoms with E-state index >= 15 is 0 Å². The van der Waals surface area contributed by atoms with Gasteiger partial charge in [0.05, 0.1) is 18.4 Å². The van der Waals surface area contributed by atoms with Crippen LogP contribution in [0.15, 0.2) is 54.0 Å². The molecule has 2 aromatic carbocycles. The van der Waals surface area contributed by atoms with E-state index in [-0.39, 0.29) is 30.1 Å². The van der Waals surface area contributed by atoms with Crippen LogP contribution >= 0.6 is 11.3 Å². The van der Waals surface area contributed by atoms with Gasteiger partial charge in [-0.1, -0.05) is 70.2 Å².